The van der Waals surface area contributed by atoms with Gasteiger partial charge in [-0.15, -0.1) is 22.7 Å². The van der Waals surface area contributed by atoms with Gasteiger partial charge in [0.05, 0.1) is 40.1 Å². The highest BCUT2D eigenvalue weighted by Gasteiger charge is 2.39. The van der Waals surface area contributed by atoms with Gasteiger partial charge in [-0.2, -0.15) is 4.31 Å². The zero-order chi connectivity index (χ0) is 26.6. The molecule has 1 atom stereocenters. The maximum Gasteiger partial charge on any atom is 0.244 e. The van der Waals surface area contributed by atoms with Crippen LogP contribution in [-0.4, -0.2) is 52.6 Å². The molecule has 3 heterocycles. The summed E-state index contributed by atoms with van der Waals surface area (Å²) in [6, 6.07) is 5.51. The monoisotopic (exact) mass is 560 g/mol. The fraction of sp³-hybridized carbons (Fsp3) is 0.423. The third kappa shape index (κ3) is 6.64. The van der Waals surface area contributed by atoms with Gasteiger partial charge in [-0.1, -0.05) is 27.7 Å². The largest absolute Gasteiger partial charge is 0.464 e. The van der Waals surface area contributed by atoms with Crippen molar-refractivity contribution >= 4 is 49.6 Å². The Morgan fingerprint density at radius 1 is 0.973 bits per heavy atom. The molecule has 4 aromatic rings. The summed E-state index contributed by atoms with van der Waals surface area (Å²) in [7, 11) is -4.10. The Morgan fingerprint density at radius 2 is 1.62 bits per heavy atom. The van der Waals surface area contributed by atoms with E-state index in [-0.39, 0.29) is 35.6 Å². The van der Waals surface area contributed by atoms with E-state index in [1.54, 1.807) is 34.1 Å². The van der Waals surface area contributed by atoms with Gasteiger partial charge < -0.3 is 9.32 Å². The van der Waals surface area contributed by atoms with Gasteiger partial charge in [0.2, 0.25) is 15.9 Å². The second kappa shape index (κ2) is 11.8. The number of nitrogens with zero attached hydrogens (tertiary/aromatic N) is 4. The molecular weight excluding hydrogens is 529 g/mol. The minimum atomic E-state index is -4.10. The van der Waals surface area contributed by atoms with E-state index in [2.05, 4.69) is 37.7 Å². The number of fused-ring (bicyclic) bond motifs is 1. The zero-order valence-corrected chi connectivity index (χ0v) is 23.9. The lowest BCUT2D eigenvalue weighted by atomic mass is 10.1. The minimum Gasteiger partial charge on any atom is -0.464 e. The third-order valence-corrected chi connectivity index (χ3v) is 8.95. The number of carbonyl (C=O) groups is 1. The summed E-state index contributed by atoms with van der Waals surface area (Å²) >= 11 is 2.81. The van der Waals surface area contributed by atoms with Crippen molar-refractivity contribution in [3.8, 4) is 0 Å². The summed E-state index contributed by atoms with van der Waals surface area (Å²) in [5.74, 6) is 0.239. The number of furan rings is 1. The summed E-state index contributed by atoms with van der Waals surface area (Å²) in [6.07, 6.45) is 1.70. The molecule has 198 valence electrons. The number of benzene rings is 1. The quantitative estimate of drug-likeness (QED) is 0.234. The van der Waals surface area contributed by atoms with E-state index < -0.39 is 16.1 Å². The molecule has 0 bridgehead atoms. The average Bonchev–Trinajstić information content (AvgIpc) is 3.62. The molecule has 0 N–H and O–H groups in total. The van der Waals surface area contributed by atoms with Gasteiger partial charge in [0.25, 0.3) is 0 Å². The highest BCUT2D eigenvalue weighted by Crippen LogP contribution is 2.28. The Morgan fingerprint density at radius 3 is 2.22 bits per heavy atom. The molecule has 4 rings (SSSR count). The first kappa shape index (κ1) is 27.4. The lowest BCUT2D eigenvalue weighted by molar-refractivity contribution is -0.136. The highest BCUT2D eigenvalue weighted by molar-refractivity contribution is 7.89. The molecule has 0 fully saturated rings. The Hall–Kier alpha value is -2.60. The molecule has 1 amide bonds. The number of hydrogen-bond acceptors (Lipinski definition) is 8. The van der Waals surface area contributed by atoms with Crippen LogP contribution in [0.15, 0.2) is 61.6 Å². The number of rotatable bonds is 12. The van der Waals surface area contributed by atoms with Crippen LogP contribution in [0.25, 0.3) is 11.0 Å². The van der Waals surface area contributed by atoms with Gasteiger partial charge in [0.1, 0.15) is 11.6 Å². The van der Waals surface area contributed by atoms with Crippen LogP contribution in [-0.2, 0) is 27.8 Å². The minimum absolute atomic E-state index is 0.0208. The zero-order valence-electron chi connectivity index (χ0n) is 21.4. The number of thiazole rings is 2. The summed E-state index contributed by atoms with van der Waals surface area (Å²) in [5.41, 5.74) is 5.23. The van der Waals surface area contributed by atoms with E-state index in [9.17, 15) is 13.2 Å². The normalized spacial score (nSPS) is 13.2. The van der Waals surface area contributed by atoms with Crippen LogP contribution >= 0.6 is 22.7 Å². The van der Waals surface area contributed by atoms with Crippen molar-refractivity contribution in [1.29, 1.82) is 0 Å². The van der Waals surface area contributed by atoms with Gasteiger partial charge >= 0.3 is 0 Å². The fourth-order valence-corrected chi connectivity index (χ4v) is 6.98. The smallest absolute Gasteiger partial charge is 0.244 e. The van der Waals surface area contributed by atoms with E-state index in [0.717, 1.165) is 0 Å². The number of aromatic nitrogens is 2. The van der Waals surface area contributed by atoms with Crippen molar-refractivity contribution < 1.29 is 17.6 Å². The Balaban J connectivity index is 1.82. The molecule has 0 aliphatic rings. The molecule has 8 nitrogen and oxygen atoms in total. The summed E-state index contributed by atoms with van der Waals surface area (Å²) in [6.45, 7) is 9.28. The van der Waals surface area contributed by atoms with Crippen LogP contribution in [0.5, 0.6) is 0 Å². The highest BCUT2D eigenvalue weighted by atomic mass is 32.2. The summed E-state index contributed by atoms with van der Waals surface area (Å²) in [5, 5.41) is 4.35. The number of amides is 1. The number of hydrogen-bond donors (Lipinski definition) is 0. The van der Waals surface area contributed by atoms with Crippen molar-refractivity contribution in [2.75, 3.05) is 13.1 Å². The summed E-state index contributed by atoms with van der Waals surface area (Å²) < 4.78 is 35.2. The molecule has 0 saturated carbocycles. The first-order chi connectivity index (χ1) is 17.6. The van der Waals surface area contributed by atoms with Crippen molar-refractivity contribution in [2.45, 2.75) is 51.6 Å². The molecule has 3 aromatic heterocycles. The van der Waals surface area contributed by atoms with Crippen molar-refractivity contribution in [1.82, 2.24) is 19.2 Å². The van der Waals surface area contributed by atoms with E-state index in [1.807, 2.05) is 10.8 Å². The fourth-order valence-electron chi connectivity index (χ4n) is 4.27. The first-order valence-electron chi connectivity index (χ1n) is 12.2. The molecule has 0 spiro atoms. The molecule has 0 aliphatic carbocycles. The van der Waals surface area contributed by atoms with Gasteiger partial charge in [0, 0.05) is 35.7 Å². The maximum absolute atomic E-state index is 14.2. The second-order valence-electron chi connectivity index (χ2n) is 9.88. The van der Waals surface area contributed by atoms with Gasteiger partial charge in [-0.05, 0) is 36.1 Å². The van der Waals surface area contributed by atoms with Crippen LogP contribution < -0.4 is 0 Å². The van der Waals surface area contributed by atoms with Crippen LogP contribution in [0.4, 0.5) is 0 Å². The molecule has 1 aromatic carbocycles. The lowest BCUT2D eigenvalue weighted by Crippen LogP contribution is -2.53. The lowest BCUT2D eigenvalue weighted by Gasteiger charge is -2.35. The van der Waals surface area contributed by atoms with Crippen LogP contribution in [0, 0.1) is 11.8 Å². The Labute approximate surface area is 226 Å². The Kier molecular flexibility index (Phi) is 8.79. The molecule has 37 heavy (non-hydrogen) atoms. The topological polar surface area (TPSA) is 96.6 Å². The van der Waals surface area contributed by atoms with Crippen LogP contribution in [0.2, 0.25) is 0 Å². The first-order valence-corrected chi connectivity index (χ1v) is 15.5. The van der Waals surface area contributed by atoms with Crippen LogP contribution in [0.1, 0.15) is 39.1 Å². The molecule has 0 saturated heterocycles. The SMILES string of the molecule is CC(C)CN(CC(C)C)C(=O)[C@H](Cc1cscn1)N(Cc1cscn1)S(=O)(=O)c1ccc2occc2c1. The molecule has 0 radical (unpaired) electrons. The van der Waals surface area contributed by atoms with E-state index in [4.69, 9.17) is 4.42 Å². The van der Waals surface area contributed by atoms with Crippen molar-refractivity contribution in [3.63, 3.8) is 0 Å². The van der Waals surface area contributed by atoms with Crippen LogP contribution in [0.3, 0.4) is 0 Å². The number of sulfonamides is 1. The second-order valence-corrected chi connectivity index (χ2v) is 13.2. The average molecular weight is 561 g/mol. The number of carbonyl (C=O) groups excluding carboxylic acids is 1. The van der Waals surface area contributed by atoms with Gasteiger partial charge in [0.15, 0.2) is 0 Å². The van der Waals surface area contributed by atoms with Crippen molar-refractivity contribution in [2.24, 2.45) is 11.8 Å². The van der Waals surface area contributed by atoms with Crippen molar-refractivity contribution in [3.05, 3.63) is 63.7 Å². The van der Waals surface area contributed by atoms with E-state index in [0.29, 0.717) is 35.4 Å². The molecule has 0 aliphatic heterocycles. The van der Waals surface area contributed by atoms with Gasteiger partial charge in [-0.25, -0.2) is 18.4 Å². The summed E-state index contributed by atoms with van der Waals surface area (Å²) in [4.78, 5) is 24.9. The predicted octanol–water partition coefficient (Wildman–Crippen LogP) is 5.29. The predicted molar refractivity (Wildman–Crippen MR) is 147 cm³/mol. The third-order valence-electron chi connectivity index (χ3n) is 5.83. The molecular formula is C26H32N4O4S3. The Bertz CT molecular complexity index is 1390. The molecule has 0 unspecified atom stereocenters. The van der Waals surface area contributed by atoms with Gasteiger partial charge in [-0.3, -0.25) is 4.79 Å². The molecule has 11 heteroatoms. The van der Waals surface area contributed by atoms with E-state index in [1.165, 1.54) is 39.3 Å². The standard InChI is InChI=1S/C26H32N4O4S3/c1-18(2)11-29(12-19(3)4)26(31)24(10-21-14-35-16-27-21)30(13-22-15-36-17-28-22)37(32,33)23-5-6-25-20(9-23)7-8-34-25/h5-9,14-19,24H,10-13H2,1-4H3/t24-/m0/s1. The van der Waals surface area contributed by atoms with E-state index >= 15 is 0 Å². The maximum atomic E-state index is 14.2.